The molecule has 0 bridgehead atoms. The zero-order valence-electron chi connectivity index (χ0n) is 17.4. The van der Waals surface area contributed by atoms with E-state index >= 15 is 0 Å². The van der Waals surface area contributed by atoms with E-state index in [0.29, 0.717) is 0 Å². The third kappa shape index (κ3) is 5.43. The molecule has 0 heterocycles. The fraction of sp³-hybridized carbons (Fsp3) is 0.316. The van der Waals surface area contributed by atoms with Crippen LogP contribution >= 0.6 is 0 Å². The first-order valence-electron chi connectivity index (χ1n) is 9.09. The van der Waals surface area contributed by atoms with Crippen molar-refractivity contribution in [1.82, 2.24) is 5.48 Å². The van der Waals surface area contributed by atoms with Crippen LogP contribution in [0.25, 0.3) is 0 Å². The first kappa shape index (κ1) is 23.5. The quantitative estimate of drug-likeness (QED) is 0.371. The molecule has 0 fully saturated rings. The van der Waals surface area contributed by atoms with Crippen molar-refractivity contribution in [1.29, 1.82) is 0 Å². The van der Waals surface area contributed by atoms with Gasteiger partial charge >= 0.3 is 0 Å². The smallest absolute Gasteiger partial charge is 0.275 e. The number of amides is 1. The van der Waals surface area contributed by atoms with E-state index in [9.17, 15) is 23.3 Å². The molecular formula is C19H25N3O6SSi. The van der Waals surface area contributed by atoms with E-state index in [2.05, 4.69) is 10.2 Å². The Morgan fingerprint density at radius 1 is 1.10 bits per heavy atom. The van der Waals surface area contributed by atoms with Crippen molar-refractivity contribution < 1.29 is 22.7 Å². The van der Waals surface area contributed by atoms with Crippen LogP contribution < -0.4 is 10.2 Å². The Hall–Kier alpha value is -2.76. The number of nitrogens with zero attached hydrogens (tertiary/aromatic N) is 1. The topological polar surface area (TPSA) is 128 Å². The summed E-state index contributed by atoms with van der Waals surface area (Å²) in [7, 11) is -6.43. The highest BCUT2D eigenvalue weighted by Crippen LogP contribution is 2.36. The molecule has 30 heavy (non-hydrogen) atoms. The van der Waals surface area contributed by atoms with Gasteiger partial charge in [0.2, 0.25) is 8.32 Å². The maximum atomic E-state index is 12.7. The summed E-state index contributed by atoms with van der Waals surface area (Å²) in [4.78, 5) is 22.6. The van der Waals surface area contributed by atoms with Gasteiger partial charge in [-0.15, -0.1) is 0 Å². The minimum atomic E-state index is -4.16. The summed E-state index contributed by atoms with van der Waals surface area (Å²) >= 11 is 0. The fourth-order valence-corrected chi connectivity index (χ4v) is 3.89. The molecule has 11 heteroatoms. The summed E-state index contributed by atoms with van der Waals surface area (Å²) in [6.07, 6.45) is 0. The molecule has 2 N–H and O–H groups in total. The largest absolute Gasteiger partial charge is 0.319 e. The molecule has 2 rings (SSSR count). The second-order valence-electron chi connectivity index (χ2n) is 8.20. The zero-order chi connectivity index (χ0) is 22.7. The molecule has 0 aromatic heterocycles. The molecule has 2 aromatic rings. The number of nitro benzene ring substituents is 1. The Kier molecular flexibility index (Phi) is 6.69. The number of carbonyl (C=O) groups is 1. The minimum absolute atomic E-state index is 0.0281. The molecule has 0 aliphatic carbocycles. The number of sulfonamides is 1. The van der Waals surface area contributed by atoms with Crippen molar-refractivity contribution in [2.24, 2.45) is 0 Å². The molecule has 162 valence electrons. The number of benzene rings is 2. The van der Waals surface area contributed by atoms with Crippen LogP contribution in [-0.4, -0.2) is 27.6 Å². The Labute approximate surface area is 176 Å². The lowest BCUT2D eigenvalue weighted by Gasteiger charge is -2.35. The predicted octanol–water partition coefficient (Wildman–Crippen LogP) is 4.06. The standard InChI is InChI=1S/C19H25N3O6SSi/c1-19(2,3)30(4,5)28-20-18(23)16-11-6-7-12-17(16)21-29(26,27)15-10-8-9-14(13-15)22(24)25/h6-13,21H,1-5H3,(H,20,23). The molecule has 0 spiro atoms. The van der Waals surface area contributed by atoms with Gasteiger partial charge in [-0.05, 0) is 36.3 Å². The van der Waals surface area contributed by atoms with Crippen molar-refractivity contribution in [2.45, 2.75) is 43.8 Å². The summed E-state index contributed by atoms with van der Waals surface area (Å²) in [5, 5.41) is 10.8. The van der Waals surface area contributed by atoms with Crippen molar-refractivity contribution in [3.05, 3.63) is 64.2 Å². The average Bonchev–Trinajstić information content (AvgIpc) is 2.65. The number of carbonyl (C=O) groups excluding carboxylic acids is 1. The fourth-order valence-electron chi connectivity index (χ4n) is 2.12. The predicted molar refractivity (Wildman–Crippen MR) is 116 cm³/mol. The van der Waals surface area contributed by atoms with Crippen LogP contribution in [0.1, 0.15) is 31.1 Å². The van der Waals surface area contributed by atoms with Gasteiger partial charge in [0, 0.05) is 12.1 Å². The first-order chi connectivity index (χ1) is 13.7. The van der Waals surface area contributed by atoms with E-state index in [0.717, 1.165) is 6.07 Å². The Morgan fingerprint density at radius 3 is 2.33 bits per heavy atom. The summed E-state index contributed by atoms with van der Waals surface area (Å²) in [5.41, 5.74) is 2.17. The first-order valence-corrected chi connectivity index (χ1v) is 13.5. The average molecular weight is 452 g/mol. The molecule has 2 aromatic carbocycles. The van der Waals surface area contributed by atoms with Gasteiger partial charge in [0.1, 0.15) is 0 Å². The van der Waals surface area contributed by atoms with Gasteiger partial charge in [-0.2, -0.15) is 0 Å². The summed E-state index contributed by atoms with van der Waals surface area (Å²) in [5.74, 6) is -0.600. The molecule has 1 amide bonds. The van der Waals surface area contributed by atoms with Gasteiger partial charge in [0.05, 0.1) is 21.1 Å². The zero-order valence-corrected chi connectivity index (χ0v) is 19.2. The molecule has 0 radical (unpaired) electrons. The maximum absolute atomic E-state index is 12.7. The highest BCUT2D eigenvalue weighted by atomic mass is 32.2. The normalized spacial score (nSPS) is 12.3. The van der Waals surface area contributed by atoms with Crippen LogP contribution in [0.4, 0.5) is 11.4 Å². The molecule has 0 aliphatic heterocycles. The van der Waals surface area contributed by atoms with Crippen molar-refractivity contribution in [3.8, 4) is 0 Å². The Bertz CT molecular complexity index is 1060. The lowest BCUT2D eigenvalue weighted by molar-refractivity contribution is -0.385. The van der Waals surface area contributed by atoms with Gasteiger partial charge in [-0.1, -0.05) is 39.0 Å². The van der Waals surface area contributed by atoms with Crippen LogP contribution in [0.5, 0.6) is 0 Å². The molecule has 0 unspecified atom stereocenters. The van der Waals surface area contributed by atoms with E-state index in [1.54, 1.807) is 12.1 Å². The molecule has 0 aliphatic rings. The molecule has 0 atom stereocenters. The number of hydrogen-bond donors (Lipinski definition) is 2. The molecular weight excluding hydrogens is 426 g/mol. The number of hydroxylamine groups is 1. The highest BCUT2D eigenvalue weighted by Gasteiger charge is 2.39. The van der Waals surface area contributed by atoms with Gasteiger partial charge in [-0.25, -0.2) is 13.9 Å². The second kappa shape index (κ2) is 8.54. The highest BCUT2D eigenvalue weighted by molar-refractivity contribution is 7.92. The Balaban J connectivity index is 2.28. The van der Waals surface area contributed by atoms with Crippen LogP contribution in [0.2, 0.25) is 18.1 Å². The number of rotatable bonds is 7. The SMILES string of the molecule is CC(C)(C)[Si](C)(C)ONC(=O)c1ccccc1NS(=O)(=O)c1cccc([N+](=O)[O-])c1. The number of anilines is 1. The minimum Gasteiger partial charge on any atom is -0.319 e. The third-order valence-corrected chi connectivity index (χ3v) is 10.5. The van der Waals surface area contributed by atoms with Crippen LogP contribution in [-0.2, 0) is 14.6 Å². The van der Waals surface area contributed by atoms with Gasteiger partial charge in [-0.3, -0.25) is 19.6 Å². The van der Waals surface area contributed by atoms with Crippen molar-refractivity contribution in [2.75, 3.05) is 4.72 Å². The third-order valence-electron chi connectivity index (χ3n) is 4.96. The van der Waals surface area contributed by atoms with Gasteiger partial charge in [0.25, 0.3) is 21.6 Å². The number of nitrogens with one attached hydrogen (secondary N) is 2. The van der Waals surface area contributed by atoms with Crippen LogP contribution in [0, 0.1) is 10.1 Å². The van der Waals surface area contributed by atoms with Crippen LogP contribution in [0.3, 0.4) is 0 Å². The van der Waals surface area contributed by atoms with Crippen molar-refractivity contribution >= 4 is 35.6 Å². The van der Waals surface area contributed by atoms with Gasteiger partial charge < -0.3 is 4.53 Å². The lowest BCUT2D eigenvalue weighted by Crippen LogP contribution is -2.46. The van der Waals surface area contributed by atoms with Gasteiger partial charge in [0.15, 0.2) is 0 Å². The summed E-state index contributed by atoms with van der Waals surface area (Å²) in [6, 6.07) is 10.7. The molecule has 0 saturated carbocycles. The summed E-state index contributed by atoms with van der Waals surface area (Å²) < 4.78 is 33.5. The molecule has 9 nitrogen and oxygen atoms in total. The number of nitro groups is 1. The van der Waals surface area contributed by atoms with Crippen molar-refractivity contribution in [3.63, 3.8) is 0 Å². The van der Waals surface area contributed by atoms with E-state index in [4.69, 9.17) is 4.53 Å². The van der Waals surface area contributed by atoms with E-state index in [-0.39, 0.29) is 26.9 Å². The maximum Gasteiger partial charge on any atom is 0.275 e. The number of hydrogen-bond acceptors (Lipinski definition) is 6. The second-order valence-corrected chi connectivity index (χ2v) is 14.6. The van der Waals surface area contributed by atoms with E-state index < -0.39 is 29.2 Å². The Morgan fingerprint density at radius 2 is 1.73 bits per heavy atom. The lowest BCUT2D eigenvalue weighted by atomic mass is 10.2. The number of para-hydroxylation sites is 1. The monoisotopic (exact) mass is 451 g/mol. The molecule has 0 saturated heterocycles. The number of non-ortho nitro benzene ring substituents is 1. The van der Waals surface area contributed by atoms with Crippen LogP contribution in [0.15, 0.2) is 53.4 Å². The summed E-state index contributed by atoms with van der Waals surface area (Å²) in [6.45, 7) is 9.99. The van der Waals surface area contributed by atoms with E-state index in [1.165, 1.54) is 30.3 Å². The van der Waals surface area contributed by atoms with E-state index in [1.807, 2.05) is 33.9 Å².